The van der Waals surface area contributed by atoms with Gasteiger partial charge in [0, 0.05) is 19.3 Å². The molecule has 0 amide bonds. The molecule has 0 fully saturated rings. The van der Waals surface area contributed by atoms with Gasteiger partial charge >= 0.3 is 0 Å². The van der Waals surface area contributed by atoms with E-state index in [2.05, 4.69) is 5.32 Å². The predicted molar refractivity (Wildman–Crippen MR) is 43.2 cm³/mol. The van der Waals surface area contributed by atoms with E-state index in [0.29, 0.717) is 6.54 Å². The number of rotatable bonds is 2. The standard InChI is InChI=1S/C4H10N2S2/c1-6-4(7)8-3-2-5/h2-3,5H2,1H3,(H,6,7). The van der Waals surface area contributed by atoms with E-state index in [1.165, 1.54) is 0 Å². The van der Waals surface area contributed by atoms with Gasteiger partial charge in [-0.25, -0.2) is 0 Å². The summed E-state index contributed by atoms with van der Waals surface area (Å²) in [6.45, 7) is 0.687. The van der Waals surface area contributed by atoms with Gasteiger partial charge in [0.15, 0.2) is 0 Å². The lowest BCUT2D eigenvalue weighted by atomic mass is 10.8. The highest BCUT2D eigenvalue weighted by atomic mass is 32.2. The molecule has 0 aromatic heterocycles. The first kappa shape index (κ1) is 8.20. The number of hydrogen-bond donors (Lipinski definition) is 2. The van der Waals surface area contributed by atoms with Crippen LogP contribution in [0.1, 0.15) is 0 Å². The molecule has 8 heavy (non-hydrogen) atoms. The van der Waals surface area contributed by atoms with Gasteiger partial charge in [-0.1, -0.05) is 24.0 Å². The van der Waals surface area contributed by atoms with E-state index in [-0.39, 0.29) is 0 Å². The molecule has 0 radical (unpaired) electrons. The lowest BCUT2D eigenvalue weighted by Crippen LogP contribution is -2.13. The van der Waals surface area contributed by atoms with Crippen molar-refractivity contribution in [2.45, 2.75) is 0 Å². The van der Waals surface area contributed by atoms with Crippen LogP contribution < -0.4 is 11.1 Å². The van der Waals surface area contributed by atoms with Crippen LogP contribution in [0.3, 0.4) is 0 Å². The van der Waals surface area contributed by atoms with E-state index in [4.69, 9.17) is 18.0 Å². The minimum absolute atomic E-state index is 0.687. The molecule has 0 spiro atoms. The van der Waals surface area contributed by atoms with Crippen LogP contribution in [-0.2, 0) is 0 Å². The Labute approximate surface area is 59.2 Å². The molecular weight excluding hydrogens is 140 g/mol. The summed E-state index contributed by atoms with van der Waals surface area (Å²) in [6, 6.07) is 0. The molecule has 48 valence electrons. The average molecular weight is 150 g/mol. The van der Waals surface area contributed by atoms with Gasteiger partial charge in [-0.15, -0.1) is 0 Å². The molecule has 4 heteroatoms. The zero-order chi connectivity index (χ0) is 6.41. The van der Waals surface area contributed by atoms with Crippen LogP contribution in [0.4, 0.5) is 0 Å². The second-order valence-electron chi connectivity index (χ2n) is 1.17. The molecule has 2 nitrogen and oxygen atoms in total. The van der Waals surface area contributed by atoms with Crippen molar-refractivity contribution in [3.63, 3.8) is 0 Å². The Morgan fingerprint density at radius 1 is 1.88 bits per heavy atom. The Bertz CT molecular complexity index is 74.4. The summed E-state index contributed by atoms with van der Waals surface area (Å²) in [5.74, 6) is 0.902. The number of hydrogen-bond acceptors (Lipinski definition) is 3. The first-order valence-electron chi connectivity index (χ1n) is 2.36. The fourth-order valence-corrected chi connectivity index (χ4v) is 0.921. The first-order chi connectivity index (χ1) is 3.81. The molecule has 0 aromatic carbocycles. The van der Waals surface area contributed by atoms with Crippen molar-refractivity contribution in [2.24, 2.45) is 5.73 Å². The molecule has 0 aliphatic carbocycles. The third kappa shape index (κ3) is 4.36. The van der Waals surface area contributed by atoms with Gasteiger partial charge in [0.25, 0.3) is 0 Å². The molecule has 0 heterocycles. The molecule has 0 bridgehead atoms. The van der Waals surface area contributed by atoms with Crippen molar-refractivity contribution in [1.82, 2.24) is 5.32 Å². The van der Waals surface area contributed by atoms with E-state index in [1.807, 2.05) is 7.05 Å². The number of thiocarbonyl (C=S) groups is 1. The van der Waals surface area contributed by atoms with Crippen LogP contribution >= 0.6 is 24.0 Å². The Kier molecular flexibility index (Phi) is 5.47. The topological polar surface area (TPSA) is 38.0 Å². The van der Waals surface area contributed by atoms with Gasteiger partial charge in [0.05, 0.1) is 0 Å². The van der Waals surface area contributed by atoms with Crippen molar-refractivity contribution >= 4 is 28.3 Å². The number of nitrogens with two attached hydrogens (primary N) is 1. The second kappa shape index (κ2) is 5.34. The molecule has 0 aliphatic rings. The van der Waals surface area contributed by atoms with Crippen molar-refractivity contribution in [1.29, 1.82) is 0 Å². The Balaban J connectivity index is 2.99. The van der Waals surface area contributed by atoms with Gasteiger partial charge in [-0.3, -0.25) is 0 Å². The molecular formula is C4H10N2S2. The first-order valence-corrected chi connectivity index (χ1v) is 3.75. The summed E-state index contributed by atoms with van der Waals surface area (Å²) in [5.41, 5.74) is 5.22. The SMILES string of the molecule is CNC(=S)SCCN. The summed E-state index contributed by atoms with van der Waals surface area (Å²) < 4.78 is 0.815. The molecule has 0 saturated heterocycles. The highest BCUT2D eigenvalue weighted by Gasteiger charge is 1.88. The zero-order valence-electron chi connectivity index (χ0n) is 4.81. The van der Waals surface area contributed by atoms with E-state index in [1.54, 1.807) is 11.8 Å². The average Bonchev–Trinajstić information content (AvgIpc) is 1.83. The molecule has 0 atom stereocenters. The van der Waals surface area contributed by atoms with Gasteiger partial charge in [-0.2, -0.15) is 0 Å². The summed E-state index contributed by atoms with van der Waals surface area (Å²) in [5, 5.41) is 2.84. The maximum absolute atomic E-state index is 5.22. The van der Waals surface area contributed by atoms with E-state index < -0.39 is 0 Å². The van der Waals surface area contributed by atoms with Gasteiger partial charge in [0.2, 0.25) is 0 Å². The Morgan fingerprint density at radius 3 is 2.88 bits per heavy atom. The number of thioether (sulfide) groups is 1. The zero-order valence-corrected chi connectivity index (χ0v) is 6.44. The monoisotopic (exact) mass is 150 g/mol. The van der Waals surface area contributed by atoms with Crippen LogP contribution in [0, 0.1) is 0 Å². The van der Waals surface area contributed by atoms with Crippen LogP contribution in [0.25, 0.3) is 0 Å². The lowest BCUT2D eigenvalue weighted by molar-refractivity contribution is 1.15. The molecule has 3 N–H and O–H groups in total. The molecule has 0 aromatic rings. The van der Waals surface area contributed by atoms with Crippen molar-refractivity contribution in [3.8, 4) is 0 Å². The smallest absolute Gasteiger partial charge is 0.133 e. The maximum Gasteiger partial charge on any atom is 0.133 e. The third-order valence-electron chi connectivity index (χ3n) is 0.555. The predicted octanol–water partition coefficient (Wildman–Crippen LogP) is 0.183. The maximum atomic E-state index is 5.22. The van der Waals surface area contributed by atoms with Crippen molar-refractivity contribution < 1.29 is 0 Å². The minimum atomic E-state index is 0.687. The van der Waals surface area contributed by atoms with Gasteiger partial charge in [-0.05, 0) is 0 Å². The highest BCUT2D eigenvalue weighted by Crippen LogP contribution is 1.97. The Hall–Kier alpha value is 0.200. The normalized spacial score (nSPS) is 8.75. The van der Waals surface area contributed by atoms with E-state index >= 15 is 0 Å². The fourth-order valence-electron chi connectivity index (χ4n) is 0.224. The fraction of sp³-hybridized carbons (Fsp3) is 0.750. The summed E-state index contributed by atoms with van der Waals surface area (Å²) in [4.78, 5) is 0. The molecule has 0 rings (SSSR count). The van der Waals surface area contributed by atoms with E-state index in [0.717, 1.165) is 10.1 Å². The largest absolute Gasteiger partial charge is 0.374 e. The Morgan fingerprint density at radius 2 is 2.50 bits per heavy atom. The van der Waals surface area contributed by atoms with Crippen molar-refractivity contribution in [3.05, 3.63) is 0 Å². The highest BCUT2D eigenvalue weighted by molar-refractivity contribution is 8.22. The van der Waals surface area contributed by atoms with Crippen LogP contribution in [0.5, 0.6) is 0 Å². The minimum Gasteiger partial charge on any atom is -0.374 e. The van der Waals surface area contributed by atoms with Crippen LogP contribution in [-0.4, -0.2) is 23.7 Å². The van der Waals surface area contributed by atoms with Crippen molar-refractivity contribution in [2.75, 3.05) is 19.3 Å². The second-order valence-corrected chi connectivity index (χ2v) is 2.95. The summed E-state index contributed by atoms with van der Waals surface area (Å²) in [7, 11) is 1.81. The molecule has 0 saturated carbocycles. The molecule has 0 unspecified atom stereocenters. The summed E-state index contributed by atoms with van der Waals surface area (Å²) in [6.07, 6.45) is 0. The quantitative estimate of drug-likeness (QED) is 0.551. The summed E-state index contributed by atoms with van der Waals surface area (Å²) >= 11 is 6.39. The van der Waals surface area contributed by atoms with Gasteiger partial charge < -0.3 is 11.1 Å². The third-order valence-corrected chi connectivity index (χ3v) is 2.02. The van der Waals surface area contributed by atoms with Crippen LogP contribution in [0.15, 0.2) is 0 Å². The number of nitrogens with one attached hydrogen (secondary N) is 1. The van der Waals surface area contributed by atoms with E-state index in [9.17, 15) is 0 Å². The lowest BCUT2D eigenvalue weighted by Gasteiger charge is -1.97. The van der Waals surface area contributed by atoms with Gasteiger partial charge in [0.1, 0.15) is 4.32 Å². The molecule has 0 aliphatic heterocycles. The van der Waals surface area contributed by atoms with Crippen LogP contribution in [0.2, 0.25) is 0 Å².